The van der Waals surface area contributed by atoms with Gasteiger partial charge in [0.15, 0.2) is 17.4 Å². The van der Waals surface area contributed by atoms with E-state index in [9.17, 15) is 8.78 Å². The molecule has 3 aliphatic carbocycles. The molecule has 0 spiro atoms. The minimum absolute atomic E-state index is 0.214. The van der Waals surface area contributed by atoms with Crippen LogP contribution in [0, 0.1) is 41.2 Å². The molecule has 3 heteroatoms. The van der Waals surface area contributed by atoms with Gasteiger partial charge in [0, 0.05) is 0 Å². The minimum Gasteiger partial charge on any atom is -0.491 e. The maximum Gasteiger partial charge on any atom is 0.190 e. The SMILES string of the molecule is COc1c(F)cc2c(c1F)CCC(C1CCC3CC(C)CCC3C1)C2. The lowest BCUT2D eigenvalue weighted by molar-refractivity contribution is 0.0755. The van der Waals surface area contributed by atoms with E-state index in [4.69, 9.17) is 4.74 Å². The van der Waals surface area contributed by atoms with Crippen LogP contribution in [0.5, 0.6) is 5.75 Å². The van der Waals surface area contributed by atoms with E-state index in [1.165, 1.54) is 51.7 Å². The van der Waals surface area contributed by atoms with Crippen LogP contribution in [-0.2, 0) is 12.8 Å². The zero-order chi connectivity index (χ0) is 17.6. The van der Waals surface area contributed by atoms with Crippen molar-refractivity contribution in [1.29, 1.82) is 0 Å². The van der Waals surface area contributed by atoms with Gasteiger partial charge in [0.05, 0.1) is 7.11 Å². The zero-order valence-electron chi connectivity index (χ0n) is 15.5. The van der Waals surface area contributed by atoms with Crippen LogP contribution in [0.15, 0.2) is 6.07 Å². The Balaban J connectivity index is 1.48. The second-order valence-corrected chi connectivity index (χ2v) is 8.86. The molecule has 1 aromatic carbocycles. The molecular formula is C22H30F2O. The molecule has 1 aromatic rings. The zero-order valence-corrected chi connectivity index (χ0v) is 15.5. The third-order valence-electron chi connectivity index (χ3n) is 7.40. The Bertz CT molecular complexity index is 641. The molecule has 0 aliphatic heterocycles. The number of ether oxygens (including phenoxy) is 1. The largest absolute Gasteiger partial charge is 0.491 e. The van der Waals surface area contributed by atoms with Crippen LogP contribution in [0.1, 0.15) is 63.0 Å². The first-order valence-corrected chi connectivity index (χ1v) is 10.1. The molecule has 0 amide bonds. The van der Waals surface area contributed by atoms with E-state index in [0.717, 1.165) is 48.5 Å². The fourth-order valence-corrected chi connectivity index (χ4v) is 6.03. The number of halogens is 2. The average molecular weight is 348 g/mol. The second-order valence-electron chi connectivity index (χ2n) is 8.86. The van der Waals surface area contributed by atoms with Crippen molar-refractivity contribution in [3.05, 3.63) is 28.8 Å². The van der Waals surface area contributed by atoms with Gasteiger partial charge in [0.2, 0.25) is 0 Å². The molecule has 3 aliphatic rings. The molecule has 1 nitrogen and oxygen atoms in total. The smallest absolute Gasteiger partial charge is 0.190 e. The normalized spacial score (nSPS) is 35.0. The lowest BCUT2D eigenvalue weighted by Gasteiger charge is -2.44. The molecule has 0 N–H and O–H groups in total. The van der Waals surface area contributed by atoms with Crippen molar-refractivity contribution < 1.29 is 13.5 Å². The summed E-state index contributed by atoms with van der Waals surface area (Å²) in [5, 5.41) is 0. The molecule has 0 heterocycles. The van der Waals surface area contributed by atoms with Gasteiger partial charge in [0.1, 0.15) is 0 Å². The molecule has 2 saturated carbocycles. The van der Waals surface area contributed by atoms with Gasteiger partial charge in [-0.1, -0.05) is 13.3 Å². The summed E-state index contributed by atoms with van der Waals surface area (Å²) in [6.07, 6.45) is 10.8. The highest BCUT2D eigenvalue weighted by molar-refractivity contribution is 5.40. The van der Waals surface area contributed by atoms with Crippen LogP contribution in [0.4, 0.5) is 8.78 Å². The van der Waals surface area contributed by atoms with E-state index in [0.29, 0.717) is 11.5 Å². The second kappa shape index (κ2) is 6.89. The van der Waals surface area contributed by atoms with Crippen molar-refractivity contribution >= 4 is 0 Å². The summed E-state index contributed by atoms with van der Waals surface area (Å²) in [6, 6.07) is 1.53. The van der Waals surface area contributed by atoms with E-state index in [2.05, 4.69) is 6.92 Å². The van der Waals surface area contributed by atoms with Crippen LogP contribution < -0.4 is 4.74 Å². The number of rotatable bonds is 2. The van der Waals surface area contributed by atoms with Gasteiger partial charge in [-0.2, -0.15) is 0 Å². The molecule has 138 valence electrons. The van der Waals surface area contributed by atoms with Gasteiger partial charge in [0.25, 0.3) is 0 Å². The van der Waals surface area contributed by atoms with E-state index < -0.39 is 11.6 Å². The Morgan fingerprint density at radius 2 is 1.60 bits per heavy atom. The number of methoxy groups -OCH3 is 1. The van der Waals surface area contributed by atoms with Gasteiger partial charge in [-0.05, 0) is 98.1 Å². The lowest BCUT2D eigenvalue weighted by atomic mass is 9.61. The Morgan fingerprint density at radius 3 is 2.36 bits per heavy atom. The molecule has 4 rings (SSSR count). The van der Waals surface area contributed by atoms with Crippen molar-refractivity contribution in [1.82, 2.24) is 0 Å². The van der Waals surface area contributed by atoms with Gasteiger partial charge in [-0.15, -0.1) is 0 Å². The van der Waals surface area contributed by atoms with E-state index >= 15 is 0 Å². The number of fused-ring (bicyclic) bond motifs is 2. The fourth-order valence-electron chi connectivity index (χ4n) is 6.03. The number of hydrogen-bond acceptors (Lipinski definition) is 1. The first-order valence-electron chi connectivity index (χ1n) is 10.1. The summed E-state index contributed by atoms with van der Waals surface area (Å²) >= 11 is 0. The van der Waals surface area contributed by atoms with Gasteiger partial charge >= 0.3 is 0 Å². The van der Waals surface area contributed by atoms with Gasteiger partial charge in [-0.3, -0.25) is 0 Å². The predicted molar refractivity (Wildman–Crippen MR) is 95.8 cm³/mol. The average Bonchev–Trinajstić information content (AvgIpc) is 2.61. The van der Waals surface area contributed by atoms with Crippen LogP contribution in [0.25, 0.3) is 0 Å². The highest BCUT2D eigenvalue weighted by Crippen LogP contribution is 2.48. The van der Waals surface area contributed by atoms with Crippen LogP contribution >= 0.6 is 0 Å². The maximum atomic E-state index is 14.5. The van der Waals surface area contributed by atoms with Gasteiger partial charge < -0.3 is 4.74 Å². The van der Waals surface area contributed by atoms with Crippen LogP contribution in [0.3, 0.4) is 0 Å². The van der Waals surface area contributed by atoms with Crippen LogP contribution in [0.2, 0.25) is 0 Å². The lowest BCUT2D eigenvalue weighted by Crippen LogP contribution is -2.34. The third-order valence-corrected chi connectivity index (χ3v) is 7.40. The van der Waals surface area contributed by atoms with Crippen molar-refractivity contribution in [3.63, 3.8) is 0 Å². The topological polar surface area (TPSA) is 9.23 Å². The van der Waals surface area contributed by atoms with Crippen molar-refractivity contribution in [3.8, 4) is 5.75 Å². The minimum atomic E-state index is -0.552. The molecule has 2 fully saturated rings. The monoisotopic (exact) mass is 348 g/mol. The predicted octanol–water partition coefficient (Wildman–Crippen LogP) is 5.93. The Kier molecular flexibility index (Phi) is 4.77. The maximum absolute atomic E-state index is 14.5. The Labute approximate surface area is 150 Å². The summed E-state index contributed by atoms with van der Waals surface area (Å²) in [6.45, 7) is 2.40. The van der Waals surface area contributed by atoms with Crippen molar-refractivity contribution in [2.45, 2.75) is 64.7 Å². The quantitative estimate of drug-likeness (QED) is 0.643. The molecule has 0 aromatic heterocycles. The first kappa shape index (κ1) is 17.3. The molecule has 25 heavy (non-hydrogen) atoms. The third kappa shape index (κ3) is 3.19. The molecule has 5 unspecified atom stereocenters. The summed E-state index contributed by atoms with van der Waals surface area (Å²) in [4.78, 5) is 0. The standard InChI is InChI=1S/C22H30F2O/c1-13-3-4-15-10-16(6-5-14(15)9-13)17-7-8-19-18(11-17)12-20(23)22(25-2)21(19)24/h12-17H,3-11H2,1-2H3. The number of benzene rings is 1. The van der Waals surface area contributed by atoms with E-state index in [1.54, 1.807) is 0 Å². The first-order chi connectivity index (χ1) is 12.1. The van der Waals surface area contributed by atoms with Crippen molar-refractivity contribution in [2.24, 2.45) is 29.6 Å². The van der Waals surface area contributed by atoms with E-state index in [1.807, 2.05) is 0 Å². The summed E-state index contributed by atoms with van der Waals surface area (Å²) in [5.74, 6) is 2.85. The van der Waals surface area contributed by atoms with Crippen molar-refractivity contribution in [2.75, 3.05) is 7.11 Å². The summed E-state index contributed by atoms with van der Waals surface area (Å²) < 4.78 is 33.5. The van der Waals surface area contributed by atoms with E-state index in [-0.39, 0.29) is 5.75 Å². The summed E-state index contributed by atoms with van der Waals surface area (Å²) in [7, 11) is 1.34. The molecule has 0 saturated heterocycles. The highest BCUT2D eigenvalue weighted by Gasteiger charge is 2.38. The highest BCUT2D eigenvalue weighted by atomic mass is 19.1. The summed E-state index contributed by atoms with van der Waals surface area (Å²) in [5.41, 5.74) is 1.57. The molecule has 5 atom stereocenters. The fraction of sp³-hybridized carbons (Fsp3) is 0.727. The Hall–Kier alpha value is -1.12. The van der Waals surface area contributed by atoms with Gasteiger partial charge in [-0.25, -0.2) is 8.78 Å². The Morgan fingerprint density at radius 1 is 0.920 bits per heavy atom. The number of hydrogen-bond donors (Lipinski definition) is 0. The molecular weight excluding hydrogens is 318 g/mol. The molecule has 0 bridgehead atoms. The molecule has 0 radical (unpaired) electrons. The van der Waals surface area contributed by atoms with Crippen LogP contribution in [-0.4, -0.2) is 7.11 Å².